The van der Waals surface area contributed by atoms with Crippen LogP contribution < -0.4 is 4.74 Å². The zero-order valence-corrected chi connectivity index (χ0v) is 16.2. The summed E-state index contributed by atoms with van der Waals surface area (Å²) in [5.41, 5.74) is 2.04. The standard InChI is InChI=1S/C22H25ClN2O2/c23-18-9-10-20-19(15-18)22(17-7-3-1-4-8-17)25(13-14-27-20)21(26)16-24-11-5-2-6-12-24/h1,3-4,7-10,15,22H,2,5-6,11-14,16H2. The molecule has 1 atom stereocenters. The molecule has 4 nitrogen and oxygen atoms in total. The number of nitrogens with zero attached hydrogens (tertiary/aromatic N) is 2. The van der Waals surface area contributed by atoms with Crippen molar-refractivity contribution in [3.8, 4) is 5.75 Å². The van der Waals surface area contributed by atoms with Crippen molar-refractivity contribution in [1.82, 2.24) is 9.80 Å². The van der Waals surface area contributed by atoms with E-state index in [1.807, 2.05) is 41.3 Å². The van der Waals surface area contributed by atoms with E-state index in [-0.39, 0.29) is 11.9 Å². The summed E-state index contributed by atoms with van der Waals surface area (Å²) in [5.74, 6) is 0.962. The number of hydrogen-bond donors (Lipinski definition) is 0. The van der Waals surface area contributed by atoms with E-state index in [0.717, 1.165) is 30.0 Å². The highest BCUT2D eigenvalue weighted by Crippen LogP contribution is 2.38. The predicted molar refractivity (Wildman–Crippen MR) is 107 cm³/mol. The van der Waals surface area contributed by atoms with Crippen LogP contribution in [0.1, 0.15) is 36.4 Å². The summed E-state index contributed by atoms with van der Waals surface area (Å²) in [7, 11) is 0. The molecule has 0 aromatic heterocycles. The van der Waals surface area contributed by atoms with Gasteiger partial charge in [0.15, 0.2) is 0 Å². The van der Waals surface area contributed by atoms with Crippen LogP contribution in [0.15, 0.2) is 48.5 Å². The summed E-state index contributed by atoms with van der Waals surface area (Å²) in [5, 5.41) is 0.656. The number of carbonyl (C=O) groups is 1. The number of ether oxygens (including phenoxy) is 1. The fourth-order valence-electron chi connectivity index (χ4n) is 4.08. The minimum absolute atomic E-state index is 0.155. The van der Waals surface area contributed by atoms with E-state index >= 15 is 0 Å². The lowest BCUT2D eigenvalue weighted by atomic mass is 9.96. The van der Waals surface area contributed by atoms with Gasteiger partial charge in [-0.3, -0.25) is 9.69 Å². The topological polar surface area (TPSA) is 32.8 Å². The molecular formula is C22H25ClN2O2. The summed E-state index contributed by atoms with van der Waals surface area (Å²) in [6.07, 6.45) is 3.62. The lowest BCUT2D eigenvalue weighted by molar-refractivity contribution is -0.134. The Kier molecular flexibility index (Phi) is 5.65. The fraction of sp³-hybridized carbons (Fsp3) is 0.409. The largest absolute Gasteiger partial charge is 0.491 e. The molecule has 0 radical (unpaired) electrons. The molecule has 2 aliphatic rings. The molecule has 1 amide bonds. The average Bonchev–Trinajstić information content (AvgIpc) is 2.88. The molecule has 27 heavy (non-hydrogen) atoms. The van der Waals surface area contributed by atoms with Gasteiger partial charge in [-0.2, -0.15) is 0 Å². The molecule has 4 rings (SSSR count). The SMILES string of the molecule is O=C(CN1CCCCC1)N1CCOc2ccc(Cl)cc2C1c1ccccc1. The maximum Gasteiger partial charge on any atom is 0.237 e. The number of benzene rings is 2. The Balaban J connectivity index is 1.69. The van der Waals surface area contributed by atoms with Crippen LogP contribution in [0.25, 0.3) is 0 Å². The summed E-state index contributed by atoms with van der Waals surface area (Å²) in [6, 6.07) is 15.7. The quantitative estimate of drug-likeness (QED) is 0.797. The van der Waals surface area contributed by atoms with Crippen molar-refractivity contribution in [2.75, 3.05) is 32.8 Å². The summed E-state index contributed by atoms with van der Waals surface area (Å²) >= 11 is 6.30. The minimum Gasteiger partial charge on any atom is -0.491 e. The Morgan fingerprint density at radius 1 is 1.04 bits per heavy atom. The van der Waals surface area contributed by atoms with Crippen molar-refractivity contribution < 1.29 is 9.53 Å². The highest BCUT2D eigenvalue weighted by atomic mass is 35.5. The number of carbonyl (C=O) groups excluding carboxylic acids is 1. The second-order valence-corrected chi connectivity index (χ2v) is 7.70. The molecule has 2 aliphatic heterocycles. The number of fused-ring (bicyclic) bond motifs is 1. The molecule has 2 aromatic rings. The third kappa shape index (κ3) is 4.12. The number of halogens is 1. The molecule has 2 heterocycles. The molecule has 1 unspecified atom stereocenters. The van der Waals surface area contributed by atoms with Crippen molar-refractivity contribution in [2.24, 2.45) is 0 Å². The molecule has 0 spiro atoms. The van der Waals surface area contributed by atoms with Crippen molar-refractivity contribution in [2.45, 2.75) is 25.3 Å². The third-order valence-electron chi connectivity index (χ3n) is 5.41. The monoisotopic (exact) mass is 384 g/mol. The van der Waals surface area contributed by atoms with Crippen molar-refractivity contribution in [3.05, 3.63) is 64.7 Å². The van der Waals surface area contributed by atoms with Gasteiger partial charge in [0.2, 0.25) is 5.91 Å². The maximum absolute atomic E-state index is 13.3. The molecule has 0 bridgehead atoms. The second-order valence-electron chi connectivity index (χ2n) is 7.27. The average molecular weight is 385 g/mol. The molecule has 0 aliphatic carbocycles. The van der Waals surface area contributed by atoms with E-state index in [0.29, 0.717) is 24.7 Å². The Morgan fingerprint density at radius 3 is 2.59 bits per heavy atom. The van der Waals surface area contributed by atoms with Gasteiger partial charge in [0, 0.05) is 10.6 Å². The number of likely N-dealkylation sites (tertiary alicyclic amines) is 1. The Labute approximate surface area is 165 Å². The van der Waals surface area contributed by atoms with Gasteiger partial charge >= 0.3 is 0 Å². The fourth-order valence-corrected chi connectivity index (χ4v) is 4.26. The Morgan fingerprint density at radius 2 is 1.81 bits per heavy atom. The van der Waals surface area contributed by atoms with Gasteiger partial charge in [-0.1, -0.05) is 48.4 Å². The number of amides is 1. The third-order valence-corrected chi connectivity index (χ3v) is 5.65. The van der Waals surface area contributed by atoms with Crippen LogP contribution in [0.2, 0.25) is 5.02 Å². The van der Waals surface area contributed by atoms with E-state index in [9.17, 15) is 4.79 Å². The van der Waals surface area contributed by atoms with Gasteiger partial charge in [-0.25, -0.2) is 0 Å². The summed E-state index contributed by atoms with van der Waals surface area (Å²) < 4.78 is 5.96. The van der Waals surface area contributed by atoms with Gasteiger partial charge in [0.05, 0.1) is 19.1 Å². The van der Waals surface area contributed by atoms with Gasteiger partial charge in [-0.15, -0.1) is 0 Å². The van der Waals surface area contributed by atoms with Crippen LogP contribution in [0, 0.1) is 0 Å². The normalized spacial score (nSPS) is 20.5. The van der Waals surface area contributed by atoms with Gasteiger partial charge in [0.1, 0.15) is 12.4 Å². The van der Waals surface area contributed by atoms with E-state index in [4.69, 9.17) is 16.3 Å². The first-order valence-corrected chi connectivity index (χ1v) is 10.1. The predicted octanol–water partition coefficient (Wildman–Crippen LogP) is 4.14. The molecule has 0 N–H and O–H groups in total. The molecule has 142 valence electrons. The number of hydrogen-bond acceptors (Lipinski definition) is 3. The maximum atomic E-state index is 13.3. The smallest absolute Gasteiger partial charge is 0.237 e. The number of rotatable bonds is 3. The molecule has 2 aromatic carbocycles. The lowest BCUT2D eigenvalue weighted by Crippen LogP contribution is -2.44. The number of piperidine rings is 1. The first-order chi connectivity index (χ1) is 13.2. The van der Waals surface area contributed by atoms with Gasteiger partial charge < -0.3 is 9.64 Å². The molecule has 1 fully saturated rings. The van der Waals surface area contributed by atoms with Crippen LogP contribution in [0.3, 0.4) is 0 Å². The van der Waals surface area contributed by atoms with E-state index < -0.39 is 0 Å². The Bertz CT molecular complexity index is 790. The van der Waals surface area contributed by atoms with Crippen LogP contribution in [0.5, 0.6) is 5.75 Å². The Hall–Kier alpha value is -2.04. The van der Waals surface area contributed by atoms with E-state index in [2.05, 4.69) is 17.0 Å². The molecular weight excluding hydrogens is 360 g/mol. The van der Waals surface area contributed by atoms with Crippen LogP contribution >= 0.6 is 11.6 Å². The zero-order chi connectivity index (χ0) is 18.6. The molecule has 0 saturated carbocycles. The van der Waals surface area contributed by atoms with E-state index in [1.54, 1.807) is 0 Å². The minimum atomic E-state index is -0.181. The lowest BCUT2D eigenvalue weighted by Gasteiger charge is -2.33. The summed E-state index contributed by atoms with van der Waals surface area (Å²) in [4.78, 5) is 17.5. The van der Waals surface area contributed by atoms with Crippen molar-refractivity contribution >= 4 is 17.5 Å². The second kappa shape index (κ2) is 8.32. The zero-order valence-electron chi connectivity index (χ0n) is 15.4. The van der Waals surface area contributed by atoms with Crippen LogP contribution in [0.4, 0.5) is 0 Å². The molecule has 1 saturated heterocycles. The van der Waals surface area contributed by atoms with Gasteiger partial charge in [0.25, 0.3) is 0 Å². The summed E-state index contributed by atoms with van der Waals surface area (Å²) in [6.45, 7) is 3.55. The van der Waals surface area contributed by atoms with Gasteiger partial charge in [-0.05, 0) is 49.7 Å². The van der Waals surface area contributed by atoms with Crippen LogP contribution in [-0.4, -0.2) is 48.5 Å². The van der Waals surface area contributed by atoms with Crippen LogP contribution in [-0.2, 0) is 4.79 Å². The first kappa shape index (κ1) is 18.3. The highest BCUT2D eigenvalue weighted by Gasteiger charge is 2.32. The molecule has 5 heteroatoms. The highest BCUT2D eigenvalue weighted by molar-refractivity contribution is 6.30. The van der Waals surface area contributed by atoms with Crippen molar-refractivity contribution in [3.63, 3.8) is 0 Å². The van der Waals surface area contributed by atoms with E-state index in [1.165, 1.54) is 19.3 Å². The first-order valence-electron chi connectivity index (χ1n) is 9.71. The van der Waals surface area contributed by atoms with Crippen molar-refractivity contribution in [1.29, 1.82) is 0 Å².